The molecule has 0 fully saturated rings. The summed E-state index contributed by atoms with van der Waals surface area (Å²) in [6, 6.07) is 8.14. The summed E-state index contributed by atoms with van der Waals surface area (Å²) in [7, 11) is 5.01. The monoisotopic (exact) mass is 438 g/mol. The van der Waals surface area contributed by atoms with E-state index in [2.05, 4.69) is 16.0 Å². The number of aromatic nitrogens is 2. The first-order valence-electron chi connectivity index (χ1n) is 10.5. The van der Waals surface area contributed by atoms with Crippen molar-refractivity contribution in [2.75, 3.05) is 40.9 Å². The summed E-state index contributed by atoms with van der Waals surface area (Å²) in [6.07, 6.45) is 4.35. The van der Waals surface area contributed by atoms with E-state index in [1.165, 1.54) is 12.1 Å². The van der Waals surface area contributed by atoms with E-state index in [-0.39, 0.29) is 30.9 Å². The molecule has 8 heteroatoms. The number of pyridine rings is 1. The van der Waals surface area contributed by atoms with Crippen LogP contribution in [0, 0.1) is 5.82 Å². The maximum atomic E-state index is 14.0. The molecule has 3 aromatic rings. The molecule has 0 aliphatic carbocycles. The molecule has 1 unspecified atom stereocenters. The molecule has 1 atom stereocenters. The van der Waals surface area contributed by atoms with Crippen LogP contribution in [0.3, 0.4) is 0 Å². The van der Waals surface area contributed by atoms with Crippen LogP contribution in [-0.2, 0) is 4.79 Å². The average Bonchev–Trinajstić information content (AvgIpc) is 3.23. The van der Waals surface area contributed by atoms with E-state index in [1.807, 2.05) is 17.0 Å². The van der Waals surface area contributed by atoms with Crippen molar-refractivity contribution in [1.82, 2.24) is 19.8 Å². The summed E-state index contributed by atoms with van der Waals surface area (Å²) in [4.78, 5) is 23.5. The van der Waals surface area contributed by atoms with Gasteiger partial charge in [-0.15, -0.1) is 0 Å². The number of aliphatic hydroxyl groups excluding tert-OH is 1. The van der Waals surface area contributed by atoms with Crippen LogP contribution in [0.15, 0.2) is 42.6 Å². The van der Waals surface area contributed by atoms with Crippen LogP contribution in [0.2, 0.25) is 0 Å². The van der Waals surface area contributed by atoms with Crippen LogP contribution in [0.1, 0.15) is 12.1 Å². The smallest absolute Gasteiger partial charge is 0.236 e. The van der Waals surface area contributed by atoms with Gasteiger partial charge < -0.3 is 19.7 Å². The van der Waals surface area contributed by atoms with Crippen LogP contribution in [0.25, 0.3) is 27.7 Å². The fourth-order valence-corrected chi connectivity index (χ4v) is 4.08. The molecule has 3 heterocycles. The van der Waals surface area contributed by atoms with Gasteiger partial charge in [-0.25, -0.2) is 9.37 Å². The summed E-state index contributed by atoms with van der Waals surface area (Å²) in [5.41, 5.74) is 4.11. The Hall–Kier alpha value is -3.23. The standard InChI is InChI=1S/C24H27FN4O3/c1-28(2)23(31)13-29-9-7-15(10-17(29)14-30)21-12-20-18(6-8-26-24(20)27-21)19-11-16(25)4-5-22(19)32-3/h4-8,11-12,17,30H,9-10,13-14H2,1-3H3,(H,26,27). The molecule has 2 aromatic heterocycles. The third-order valence-corrected chi connectivity index (χ3v) is 5.92. The lowest BCUT2D eigenvalue weighted by atomic mass is 9.97. The highest BCUT2D eigenvalue weighted by Gasteiger charge is 2.26. The fourth-order valence-electron chi connectivity index (χ4n) is 4.08. The molecule has 2 N–H and O–H groups in total. The third-order valence-electron chi connectivity index (χ3n) is 5.92. The number of amides is 1. The largest absolute Gasteiger partial charge is 0.496 e. The van der Waals surface area contributed by atoms with Crippen molar-refractivity contribution in [1.29, 1.82) is 0 Å². The van der Waals surface area contributed by atoms with Crippen molar-refractivity contribution >= 4 is 22.5 Å². The summed E-state index contributed by atoms with van der Waals surface area (Å²) in [6.45, 7) is 0.787. The maximum absolute atomic E-state index is 14.0. The predicted molar refractivity (Wildman–Crippen MR) is 122 cm³/mol. The zero-order valence-corrected chi connectivity index (χ0v) is 18.4. The van der Waals surface area contributed by atoms with Crippen molar-refractivity contribution in [2.45, 2.75) is 12.5 Å². The number of aromatic amines is 1. The van der Waals surface area contributed by atoms with Crippen LogP contribution in [-0.4, -0.2) is 77.7 Å². The summed E-state index contributed by atoms with van der Waals surface area (Å²) in [5, 5.41) is 10.8. The number of ether oxygens (including phenoxy) is 1. The Morgan fingerprint density at radius 2 is 2.12 bits per heavy atom. The quantitative estimate of drug-likeness (QED) is 0.619. The van der Waals surface area contributed by atoms with Gasteiger partial charge in [0.15, 0.2) is 0 Å². The fraction of sp³-hybridized carbons (Fsp3) is 0.333. The summed E-state index contributed by atoms with van der Waals surface area (Å²) < 4.78 is 19.4. The molecule has 0 radical (unpaired) electrons. The van der Waals surface area contributed by atoms with Crippen molar-refractivity contribution in [3.8, 4) is 16.9 Å². The third kappa shape index (κ3) is 4.24. The Morgan fingerprint density at radius 1 is 1.31 bits per heavy atom. The number of nitrogens with one attached hydrogen (secondary N) is 1. The molecule has 32 heavy (non-hydrogen) atoms. The molecule has 168 valence electrons. The minimum Gasteiger partial charge on any atom is -0.496 e. The molecule has 1 aromatic carbocycles. The number of fused-ring (bicyclic) bond motifs is 1. The van der Waals surface area contributed by atoms with E-state index < -0.39 is 0 Å². The van der Waals surface area contributed by atoms with E-state index in [9.17, 15) is 14.3 Å². The first-order chi connectivity index (χ1) is 15.4. The highest BCUT2D eigenvalue weighted by molar-refractivity contribution is 5.96. The Labute approximate surface area is 186 Å². The van der Waals surface area contributed by atoms with Crippen molar-refractivity contribution in [3.63, 3.8) is 0 Å². The number of methoxy groups -OCH3 is 1. The normalized spacial score (nSPS) is 16.8. The first-order valence-corrected chi connectivity index (χ1v) is 10.5. The van der Waals surface area contributed by atoms with Gasteiger partial charge in [-0.05, 0) is 47.9 Å². The molecule has 1 amide bonds. The minimum absolute atomic E-state index is 0.00351. The highest BCUT2D eigenvalue weighted by atomic mass is 19.1. The van der Waals surface area contributed by atoms with E-state index in [0.717, 1.165) is 22.2 Å². The second-order valence-corrected chi connectivity index (χ2v) is 8.14. The Bertz CT molecular complexity index is 1170. The molecular formula is C24H27FN4O3. The minimum atomic E-state index is -0.338. The Morgan fingerprint density at radius 3 is 2.84 bits per heavy atom. The number of carbonyl (C=O) groups is 1. The zero-order chi connectivity index (χ0) is 22.8. The van der Waals surface area contributed by atoms with Crippen molar-refractivity contribution in [3.05, 3.63) is 54.1 Å². The second kappa shape index (κ2) is 9.10. The number of nitrogens with zero attached hydrogens (tertiary/aromatic N) is 3. The number of likely N-dealkylation sites (N-methyl/N-ethyl adjacent to an activating group) is 1. The van der Waals surface area contributed by atoms with Crippen molar-refractivity contribution in [2.24, 2.45) is 0 Å². The number of rotatable bonds is 6. The number of benzene rings is 1. The van der Waals surface area contributed by atoms with E-state index in [1.54, 1.807) is 38.4 Å². The van der Waals surface area contributed by atoms with E-state index in [0.29, 0.717) is 29.9 Å². The van der Waals surface area contributed by atoms with Gasteiger partial charge in [-0.3, -0.25) is 9.69 Å². The molecule has 0 spiro atoms. The van der Waals surface area contributed by atoms with E-state index >= 15 is 0 Å². The van der Waals surface area contributed by atoms with Crippen LogP contribution in [0.5, 0.6) is 5.75 Å². The van der Waals surface area contributed by atoms with Crippen LogP contribution >= 0.6 is 0 Å². The molecule has 7 nitrogen and oxygen atoms in total. The number of carbonyl (C=O) groups excluding carboxylic acids is 1. The van der Waals surface area contributed by atoms with Gasteiger partial charge in [0.05, 0.1) is 20.3 Å². The average molecular weight is 439 g/mol. The van der Waals surface area contributed by atoms with Gasteiger partial charge in [-0.1, -0.05) is 6.08 Å². The number of H-pyrrole nitrogens is 1. The lowest BCUT2D eigenvalue weighted by molar-refractivity contribution is -0.130. The Kier molecular flexibility index (Phi) is 6.25. The molecule has 1 aliphatic rings. The first kappa shape index (κ1) is 22.0. The lowest BCUT2D eigenvalue weighted by Gasteiger charge is -2.34. The summed E-state index contributed by atoms with van der Waals surface area (Å²) >= 11 is 0. The van der Waals surface area contributed by atoms with E-state index in [4.69, 9.17) is 4.74 Å². The van der Waals surface area contributed by atoms with Crippen LogP contribution < -0.4 is 4.74 Å². The number of aliphatic hydroxyl groups is 1. The molecule has 1 aliphatic heterocycles. The SMILES string of the molecule is COc1ccc(F)cc1-c1ccnc2[nH]c(C3=CCN(CC(=O)N(C)C)C(CO)C3)cc12. The molecule has 0 saturated heterocycles. The van der Waals surface area contributed by atoms with Gasteiger partial charge in [-0.2, -0.15) is 0 Å². The van der Waals surface area contributed by atoms with Gasteiger partial charge >= 0.3 is 0 Å². The lowest BCUT2D eigenvalue weighted by Crippen LogP contribution is -2.46. The second-order valence-electron chi connectivity index (χ2n) is 8.14. The van der Waals surface area contributed by atoms with Crippen LogP contribution in [0.4, 0.5) is 4.39 Å². The number of hydrogen-bond donors (Lipinski definition) is 2. The Balaban J connectivity index is 1.68. The predicted octanol–water partition coefficient (Wildman–Crippen LogP) is 2.92. The van der Waals surface area contributed by atoms with Gasteiger partial charge in [0.25, 0.3) is 0 Å². The van der Waals surface area contributed by atoms with Crippen molar-refractivity contribution < 1.29 is 19.0 Å². The number of halogens is 1. The van der Waals surface area contributed by atoms with Gasteiger partial charge in [0.2, 0.25) is 5.91 Å². The maximum Gasteiger partial charge on any atom is 0.236 e. The topological polar surface area (TPSA) is 81.7 Å². The molecule has 0 saturated carbocycles. The molecule has 4 rings (SSSR count). The van der Waals surface area contributed by atoms with Gasteiger partial charge in [0.1, 0.15) is 17.2 Å². The zero-order valence-electron chi connectivity index (χ0n) is 18.4. The highest BCUT2D eigenvalue weighted by Crippen LogP contribution is 2.37. The molecular weight excluding hydrogens is 411 g/mol. The summed E-state index contributed by atoms with van der Waals surface area (Å²) in [5.74, 6) is 0.249. The van der Waals surface area contributed by atoms with Gasteiger partial charge in [0, 0.05) is 49.5 Å². The number of hydrogen-bond acceptors (Lipinski definition) is 5. The molecule has 0 bridgehead atoms.